The minimum atomic E-state index is 0.0104. The Labute approximate surface area is 148 Å². The summed E-state index contributed by atoms with van der Waals surface area (Å²) in [5, 5.41) is 3.04. The highest BCUT2D eigenvalue weighted by Crippen LogP contribution is 2.37. The minimum Gasteiger partial charge on any atom is -0.489 e. The standard InChI is InChI=1S/C20H23N3O2/c1-14-4-6-15(7-5-14)22-20(24)23-16-8-9-17(23)12-19(11-16)25-18-3-2-10-21-13-18/h2-7,10,13,16-17,19H,8-9,11-12H2,1H3,(H,22,24). The van der Waals surface area contributed by atoms with Crippen LogP contribution in [0.4, 0.5) is 10.5 Å². The molecular weight excluding hydrogens is 314 g/mol. The number of hydrogen-bond acceptors (Lipinski definition) is 3. The van der Waals surface area contributed by atoms with Gasteiger partial charge in [0.1, 0.15) is 11.9 Å². The van der Waals surface area contributed by atoms with Gasteiger partial charge in [0.05, 0.1) is 6.20 Å². The van der Waals surface area contributed by atoms with Crippen LogP contribution in [0.25, 0.3) is 0 Å². The molecule has 3 heterocycles. The van der Waals surface area contributed by atoms with E-state index < -0.39 is 0 Å². The number of carbonyl (C=O) groups is 1. The van der Waals surface area contributed by atoms with Crippen LogP contribution in [-0.2, 0) is 0 Å². The minimum absolute atomic E-state index is 0.0104. The van der Waals surface area contributed by atoms with Gasteiger partial charge in [-0.25, -0.2) is 4.79 Å². The number of ether oxygens (including phenoxy) is 1. The fourth-order valence-corrected chi connectivity index (χ4v) is 3.99. The molecular formula is C20H23N3O2. The largest absolute Gasteiger partial charge is 0.489 e. The van der Waals surface area contributed by atoms with Crippen LogP contribution in [0, 0.1) is 6.92 Å². The Morgan fingerprint density at radius 3 is 2.52 bits per heavy atom. The summed E-state index contributed by atoms with van der Waals surface area (Å²) in [5.41, 5.74) is 2.04. The number of pyridine rings is 1. The van der Waals surface area contributed by atoms with Crippen molar-refractivity contribution in [2.75, 3.05) is 5.32 Å². The van der Waals surface area contributed by atoms with E-state index in [4.69, 9.17) is 4.74 Å². The van der Waals surface area contributed by atoms with Gasteiger partial charge in [0.2, 0.25) is 0 Å². The van der Waals surface area contributed by atoms with Gasteiger partial charge in [0, 0.05) is 36.8 Å². The summed E-state index contributed by atoms with van der Waals surface area (Å²) in [6.07, 6.45) is 7.52. The number of nitrogens with one attached hydrogen (secondary N) is 1. The second-order valence-corrected chi connectivity index (χ2v) is 6.99. The monoisotopic (exact) mass is 337 g/mol. The maximum absolute atomic E-state index is 12.7. The van der Waals surface area contributed by atoms with Crippen molar-refractivity contribution in [2.45, 2.75) is 50.8 Å². The molecule has 2 aliphatic heterocycles. The van der Waals surface area contributed by atoms with Crippen molar-refractivity contribution < 1.29 is 9.53 Å². The van der Waals surface area contributed by atoms with Crippen LogP contribution in [0.2, 0.25) is 0 Å². The third kappa shape index (κ3) is 3.45. The molecule has 2 saturated heterocycles. The van der Waals surface area contributed by atoms with Gasteiger partial charge in [-0.2, -0.15) is 0 Å². The van der Waals surface area contributed by atoms with Crippen molar-refractivity contribution >= 4 is 11.7 Å². The molecule has 2 bridgehead atoms. The predicted octanol–water partition coefficient (Wildman–Crippen LogP) is 4.00. The Morgan fingerprint density at radius 2 is 1.88 bits per heavy atom. The van der Waals surface area contributed by atoms with Gasteiger partial charge >= 0.3 is 6.03 Å². The number of hydrogen-bond donors (Lipinski definition) is 1. The van der Waals surface area contributed by atoms with Gasteiger partial charge in [0.25, 0.3) is 0 Å². The van der Waals surface area contributed by atoms with E-state index in [2.05, 4.69) is 10.3 Å². The van der Waals surface area contributed by atoms with Crippen LogP contribution < -0.4 is 10.1 Å². The fourth-order valence-electron chi connectivity index (χ4n) is 3.99. The van der Waals surface area contributed by atoms with Crippen molar-refractivity contribution in [3.8, 4) is 5.75 Å². The lowest BCUT2D eigenvalue weighted by molar-refractivity contribution is 0.0730. The number of rotatable bonds is 3. The van der Waals surface area contributed by atoms with Crippen molar-refractivity contribution in [3.05, 3.63) is 54.4 Å². The first-order chi connectivity index (χ1) is 12.2. The maximum Gasteiger partial charge on any atom is 0.322 e. The molecule has 1 aromatic carbocycles. The number of amides is 2. The molecule has 2 amide bonds. The third-order valence-corrected chi connectivity index (χ3v) is 5.16. The topological polar surface area (TPSA) is 54.5 Å². The number of carbonyl (C=O) groups excluding carboxylic acids is 1. The number of nitrogens with zero attached hydrogens (tertiary/aromatic N) is 2. The summed E-state index contributed by atoms with van der Waals surface area (Å²) < 4.78 is 6.07. The van der Waals surface area contributed by atoms with Gasteiger partial charge in [-0.15, -0.1) is 0 Å². The number of urea groups is 1. The molecule has 2 aliphatic rings. The highest BCUT2D eigenvalue weighted by Gasteiger charge is 2.44. The quantitative estimate of drug-likeness (QED) is 0.921. The molecule has 0 aliphatic carbocycles. The van der Waals surface area contributed by atoms with Crippen molar-refractivity contribution in [2.24, 2.45) is 0 Å². The Bertz CT molecular complexity index is 718. The van der Waals surface area contributed by atoms with Gasteiger partial charge < -0.3 is 15.0 Å². The zero-order chi connectivity index (χ0) is 17.2. The number of fused-ring (bicyclic) bond motifs is 2. The lowest BCUT2D eigenvalue weighted by Crippen LogP contribution is -2.50. The highest BCUT2D eigenvalue weighted by atomic mass is 16.5. The smallest absolute Gasteiger partial charge is 0.322 e. The summed E-state index contributed by atoms with van der Waals surface area (Å²) in [7, 11) is 0. The Kier molecular flexibility index (Phi) is 4.30. The molecule has 2 unspecified atom stereocenters. The molecule has 2 aromatic rings. The van der Waals surface area contributed by atoms with E-state index in [1.165, 1.54) is 5.56 Å². The summed E-state index contributed by atoms with van der Waals surface area (Å²) in [5.74, 6) is 0.810. The summed E-state index contributed by atoms with van der Waals surface area (Å²) >= 11 is 0. The first-order valence-electron chi connectivity index (χ1n) is 8.92. The van der Waals surface area contributed by atoms with E-state index in [1.54, 1.807) is 12.4 Å². The Balaban J connectivity index is 1.40. The zero-order valence-corrected chi connectivity index (χ0v) is 14.4. The van der Waals surface area contributed by atoms with Crippen LogP contribution in [0.15, 0.2) is 48.8 Å². The molecule has 4 rings (SSSR count). The van der Waals surface area contributed by atoms with E-state index >= 15 is 0 Å². The normalized spacial score (nSPS) is 24.8. The number of benzene rings is 1. The molecule has 5 heteroatoms. The van der Waals surface area contributed by atoms with E-state index in [0.29, 0.717) is 0 Å². The van der Waals surface area contributed by atoms with Crippen LogP contribution >= 0.6 is 0 Å². The Morgan fingerprint density at radius 1 is 1.16 bits per heavy atom. The molecule has 2 atom stereocenters. The van der Waals surface area contributed by atoms with Crippen LogP contribution in [0.5, 0.6) is 5.75 Å². The molecule has 1 aromatic heterocycles. The molecule has 2 fully saturated rings. The average Bonchev–Trinajstić information content (AvgIpc) is 2.89. The number of anilines is 1. The second-order valence-electron chi connectivity index (χ2n) is 6.99. The predicted molar refractivity (Wildman–Crippen MR) is 96.7 cm³/mol. The number of aryl methyl sites for hydroxylation is 1. The van der Waals surface area contributed by atoms with E-state index in [9.17, 15) is 4.79 Å². The zero-order valence-electron chi connectivity index (χ0n) is 14.4. The van der Waals surface area contributed by atoms with Crippen molar-refractivity contribution in [3.63, 3.8) is 0 Å². The van der Waals surface area contributed by atoms with E-state index in [1.807, 2.05) is 48.2 Å². The van der Waals surface area contributed by atoms with Gasteiger partial charge in [-0.05, 0) is 44.0 Å². The van der Waals surface area contributed by atoms with E-state index in [-0.39, 0.29) is 24.2 Å². The molecule has 5 nitrogen and oxygen atoms in total. The van der Waals surface area contributed by atoms with E-state index in [0.717, 1.165) is 37.1 Å². The number of aromatic nitrogens is 1. The number of piperidine rings is 1. The van der Waals surface area contributed by atoms with Gasteiger partial charge in [0.15, 0.2) is 0 Å². The molecule has 1 N–H and O–H groups in total. The maximum atomic E-state index is 12.7. The lowest BCUT2D eigenvalue weighted by atomic mass is 10.00. The third-order valence-electron chi connectivity index (χ3n) is 5.16. The summed E-state index contributed by atoms with van der Waals surface area (Å²) in [6, 6.07) is 12.3. The van der Waals surface area contributed by atoms with Crippen LogP contribution in [0.1, 0.15) is 31.2 Å². The van der Waals surface area contributed by atoms with Crippen LogP contribution in [0.3, 0.4) is 0 Å². The second kappa shape index (κ2) is 6.75. The van der Waals surface area contributed by atoms with Gasteiger partial charge in [-0.1, -0.05) is 17.7 Å². The lowest BCUT2D eigenvalue weighted by Gasteiger charge is -2.38. The average molecular weight is 337 g/mol. The molecule has 0 saturated carbocycles. The van der Waals surface area contributed by atoms with Crippen molar-refractivity contribution in [1.29, 1.82) is 0 Å². The first kappa shape index (κ1) is 15.9. The first-order valence-corrected chi connectivity index (χ1v) is 8.92. The Hall–Kier alpha value is -2.56. The van der Waals surface area contributed by atoms with Crippen molar-refractivity contribution in [1.82, 2.24) is 9.88 Å². The summed E-state index contributed by atoms with van der Waals surface area (Å²) in [6.45, 7) is 2.04. The summed E-state index contributed by atoms with van der Waals surface area (Å²) in [4.78, 5) is 18.9. The molecule has 0 radical (unpaired) electrons. The fraction of sp³-hybridized carbons (Fsp3) is 0.400. The SMILES string of the molecule is Cc1ccc(NC(=O)N2C3CCC2CC(Oc2cccnc2)C3)cc1. The molecule has 0 spiro atoms. The van der Waals surface area contributed by atoms with Gasteiger partial charge in [-0.3, -0.25) is 4.98 Å². The van der Waals surface area contributed by atoms with Crippen LogP contribution in [-0.4, -0.2) is 34.1 Å². The highest BCUT2D eigenvalue weighted by molar-refractivity contribution is 5.90. The molecule has 130 valence electrons. The molecule has 25 heavy (non-hydrogen) atoms.